The Balaban J connectivity index is 2.17. The van der Waals surface area contributed by atoms with E-state index in [-0.39, 0.29) is 11.1 Å². The highest BCUT2D eigenvalue weighted by Gasteiger charge is 2.33. The molecule has 0 atom stereocenters. The van der Waals surface area contributed by atoms with Gasteiger partial charge < -0.3 is 9.73 Å². The van der Waals surface area contributed by atoms with Crippen LogP contribution in [0.4, 0.5) is 0 Å². The summed E-state index contributed by atoms with van der Waals surface area (Å²) in [6, 6.07) is 3.43. The summed E-state index contributed by atoms with van der Waals surface area (Å²) in [7, 11) is -3.50. The highest BCUT2D eigenvalue weighted by Crippen LogP contribution is 2.29. The monoisotopic (exact) mass is 300 g/mol. The van der Waals surface area contributed by atoms with Crippen molar-refractivity contribution in [2.45, 2.75) is 57.2 Å². The Morgan fingerprint density at radius 2 is 2.00 bits per heavy atom. The first-order chi connectivity index (χ1) is 9.59. The first kappa shape index (κ1) is 15.5. The quantitative estimate of drug-likeness (QED) is 0.839. The van der Waals surface area contributed by atoms with E-state index in [4.69, 9.17) is 4.42 Å². The van der Waals surface area contributed by atoms with E-state index in [0.717, 1.165) is 32.2 Å². The minimum Gasteiger partial charge on any atom is -0.447 e. The standard InChI is InChI=1S/C14H24N2O3S/c1-3-15-11-13-9-10-14(19-13)20(17,18)16(4-2)12-7-5-6-8-12/h9-10,12,15H,3-8,11H2,1-2H3. The first-order valence-corrected chi connectivity index (χ1v) is 8.84. The van der Waals surface area contributed by atoms with E-state index in [1.807, 2.05) is 13.8 Å². The van der Waals surface area contributed by atoms with Gasteiger partial charge in [0.05, 0.1) is 6.54 Å². The van der Waals surface area contributed by atoms with E-state index >= 15 is 0 Å². The van der Waals surface area contributed by atoms with Crippen molar-refractivity contribution in [1.29, 1.82) is 0 Å². The van der Waals surface area contributed by atoms with Crippen molar-refractivity contribution in [2.24, 2.45) is 0 Å². The molecule has 0 radical (unpaired) electrons. The lowest BCUT2D eigenvalue weighted by molar-refractivity contribution is 0.316. The Bertz CT molecular complexity index is 518. The number of rotatable bonds is 7. The van der Waals surface area contributed by atoms with E-state index in [0.29, 0.717) is 18.8 Å². The Hall–Kier alpha value is -0.850. The molecule has 0 saturated heterocycles. The maximum atomic E-state index is 12.6. The largest absolute Gasteiger partial charge is 0.447 e. The van der Waals surface area contributed by atoms with Crippen molar-refractivity contribution in [3.05, 3.63) is 17.9 Å². The van der Waals surface area contributed by atoms with Gasteiger partial charge in [0.2, 0.25) is 5.09 Å². The number of hydrogen-bond donors (Lipinski definition) is 1. The third-order valence-electron chi connectivity index (χ3n) is 3.79. The normalized spacial score (nSPS) is 17.1. The molecule has 20 heavy (non-hydrogen) atoms. The zero-order valence-corrected chi connectivity index (χ0v) is 13.1. The summed E-state index contributed by atoms with van der Waals surface area (Å²) in [6.45, 7) is 5.77. The fourth-order valence-electron chi connectivity index (χ4n) is 2.77. The van der Waals surface area contributed by atoms with E-state index in [1.54, 1.807) is 16.4 Å². The summed E-state index contributed by atoms with van der Waals surface area (Å²) < 4.78 is 32.4. The zero-order chi connectivity index (χ0) is 14.6. The fraction of sp³-hybridized carbons (Fsp3) is 0.714. The van der Waals surface area contributed by atoms with Crippen LogP contribution in [-0.4, -0.2) is 31.9 Å². The van der Waals surface area contributed by atoms with Crippen LogP contribution in [0.3, 0.4) is 0 Å². The number of nitrogens with one attached hydrogen (secondary N) is 1. The lowest BCUT2D eigenvalue weighted by Gasteiger charge is -2.25. The molecule has 1 aliphatic rings. The minimum absolute atomic E-state index is 0.0687. The van der Waals surface area contributed by atoms with Gasteiger partial charge in [-0.3, -0.25) is 0 Å². The predicted octanol–water partition coefficient (Wildman–Crippen LogP) is 2.34. The average molecular weight is 300 g/mol. The molecule has 1 fully saturated rings. The van der Waals surface area contributed by atoms with Crippen LogP contribution in [0.1, 0.15) is 45.3 Å². The molecule has 1 N–H and O–H groups in total. The summed E-state index contributed by atoms with van der Waals surface area (Å²) >= 11 is 0. The Labute approximate surface area is 121 Å². The van der Waals surface area contributed by atoms with Gasteiger partial charge in [-0.2, -0.15) is 4.31 Å². The summed E-state index contributed by atoms with van der Waals surface area (Å²) in [5.41, 5.74) is 0. The molecule has 2 rings (SSSR count). The molecule has 0 aliphatic heterocycles. The highest BCUT2D eigenvalue weighted by molar-refractivity contribution is 7.89. The molecule has 114 valence electrons. The smallest absolute Gasteiger partial charge is 0.276 e. The topological polar surface area (TPSA) is 62.6 Å². The summed E-state index contributed by atoms with van der Waals surface area (Å²) in [4.78, 5) is 0. The number of hydrogen-bond acceptors (Lipinski definition) is 4. The predicted molar refractivity (Wildman–Crippen MR) is 77.9 cm³/mol. The molecular weight excluding hydrogens is 276 g/mol. The maximum Gasteiger partial charge on any atom is 0.276 e. The third kappa shape index (κ3) is 3.24. The molecule has 1 heterocycles. The van der Waals surface area contributed by atoms with Crippen LogP contribution >= 0.6 is 0 Å². The van der Waals surface area contributed by atoms with E-state index in [1.165, 1.54) is 0 Å². The minimum atomic E-state index is -3.50. The van der Waals surface area contributed by atoms with Crippen LogP contribution < -0.4 is 5.32 Å². The Morgan fingerprint density at radius 1 is 1.30 bits per heavy atom. The van der Waals surface area contributed by atoms with Gasteiger partial charge in [0, 0.05) is 12.6 Å². The van der Waals surface area contributed by atoms with Gasteiger partial charge in [0.25, 0.3) is 10.0 Å². The van der Waals surface area contributed by atoms with Crippen LogP contribution in [-0.2, 0) is 16.6 Å². The van der Waals surface area contributed by atoms with Crippen LogP contribution in [0.25, 0.3) is 0 Å². The number of furan rings is 1. The van der Waals surface area contributed by atoms with Crippen molar-refractivity contribution in [3.63, 3.8) is 0 Å². The van der Waals surface area contributed by atoms with E-state index < -0.39 is 10.0 Å². The SMILES string of the molecule is CCNCc1ccc(S(=O)(=O)N(CC)C2CCCC2)o1. The van der Waals surface area contributed by atoms with E-state index in [2.05, 4.69) is 5.32 Å². The molecule has 0 unspecified atom stereocenters. The second-order valence-corrected chi connectivity index (χ2v) is 6.97. The van der Waals surface area contributed by atoms with Crippen molar-refractivity contribution < 1.29 is 12.8 Å². The van der Waals surface area contributed by atoms with Gasteiger partial charge in [-0.15, -0.1) is 0 Å². The molecular formula is C14H24N2O3S. The molecule has 1 aromatic rings. The van der Waals surface area contributed by atoms with Crippen LogP contribution in [0.5, 0.6) is 0 Å². The molecule has 0 amide bonds. The highest BCUT2D eigenvalue weighted by atomic mass is 32.2. The first-order valence-electron chi connectivity index (χ1n) is 7.40. The van der Waals surface area contributed by atoms with Gasteiger partial charge in [0.15, 0.2) is 0 Å². The molecule has 0 spiro atoms. The lowest BCUT2D eigenvalue weighted by Crippen LogP contribution is -2.38. The molecule has 0 aromatic carbocycles. The molecule has 6 heteroatoms. The number of nitrogens with zero attached hydrogens (tertiary/aromatic N) is 1. The molecule has 5 nitrogen and oxygen atoms in total. The van der Waals surface area contributed by atoms with Crippen LogP contribution in [0, 0.1) is 0 Å². The molecule has 1 aliphatic carbocycles. The van der Waals surface area contributed by atoms with Gasteiger partial charge in [-0.05, 0) is 31.5 Å². The van der Waals surface area contributed by atoms with Gasteiger partial charge in [-0.1, -0.05) is 26.7 Å². The van der Waals surface area contributed by atoms with Crippen molar-refractivity contribution in [2.75, 3.05) is 13.1 Å². The Kier molecular flexibility index (Phi) is 5.23. The van der Waals surface area contributed by atoms with E-state index in [9.17, 15) is 8.42 Å². The second kappa shape index (κ2) is 6.74. The zero-order valence-electron chi connectivity index (χ0n) is 12.3. The van der Waals surface area contributed by atoms with Crippen molar-refractivity contribution in [3.8, 4) is 0 Å². The lowest BCUT2D eigenvalue weighted by atomic mass is 10.2. The van der Waals surface area contributed by atoms with Crippen LogP contribution in [0.2, 0.25) is 0 Å². The van der Waals surface area contributed by atoms with Gasteiger partial charge in [-0.25, -0.2) is 8.42 Å². The molecule has 1 saturated carbocycles. The molecule has 1 aromatic heterocycles. The Morgan fingerprint density at radius 3 is 2.60 bits per heavy atom. The summed E-state index contributed by atoms with van der Waals surface area (Å²) in [6.07, 6.45) is 4.14. The van der Waals surface area contributed by atoms with Crippen molar-refractivity contribution >= 4 is 10.0 Å². The van der Waals surface area contributed by atoms with Crippen molar-refractivity contribution in [1.82, 2.24) is 9.62 Å². The van der Waals surface area contributed by atoms with Gasteiger partial charge in [0.1, 0.15) is 5.76 Å². The average Bonchev–Trinajstić information content (AvgIpc) is 3.08. The van der Waals surface area contributed by atoms with Crippen LogP contribution in [0.15, 0.2) is 21.6 Å². The maximum absolute atomic E-state index is 12.6. The third-order valence-corrected chi connectivity index (χ3v) is 5.69. The second-order valence-electron chi connectivity index (χ2n) is 5.15. The fourth-order valence-corrected chi connectivity index (χ4v) is 4.40. The summed E-state index contributed by atoms with van der Waals surface area (Å²) in [5, 5.41) is 3.19. The summed E-state index contributed by atoms with van der Waals surface area (Å²) in [5.74, 6) is 0.660. The van der Waals surface area contributed by atoms with Gasteiger partial charge >= 0.3 is 0 Å². The number of sulfonamides is 1. The molecule has 0 bridgehead atoms.